The van der Waals surface area contributed by atoms with E-state index in [0.717, 1.165) is 42.2 Å². The highest BCUT2D eigenvalue weighted by Gasteiger charge is 2.22. The van der Waals surface area contributed by atoms with E-state index >= 15 is 0 Å². The van der Waals surface area contributed by atoms with Crippen LogP contribution < -0.4 is 4.90 Å². The van der Waals surface area contributed by atoms with E-state index in [1.165, 1.54) is 11.1 Å². The van der Waals surface area contributed by atoms with Gasteiger partial charge in [-0.1, -0.05) is 48.0 Å². The summed E-state index contributed by atoms with van der Waals surface area (Å²) in [6, 6.07) is 21.8. The highest BCUT2D eigenvalue weighted by atomic mass is 35.5. The number of piperazine rings is 1. The Bertz CT molecular complexity index is 902. The monoisotopic (exact) mass is 350 g/mol. The van der Waals surface area contributed by atoms with Gasteiger partial charge < -0.3 is 9.80 Å². The summed E-state index contributed by atoms with van der Waals surface area (Å²) in [5, 5.41) is 3.10. The van der Waals surface area contributed by atoms with Gasteiger partial charge in [0.15, 0.2) is 0 Å². The van der Waals surface area contributed by atoms with Crippen molar-refractivity contribution in [3.8, 4) is 0 Å². The highest BCUT2D eigenvalue weighted by molar-refractivity contribution is 6.31. The van der Waals surface area contributed by atoms with E-state index in [-0.39, 0.29) is 5.91 Å². The molecule has 0 aromatic heterocycles. The number of benzene rings is 3. The van der Waals surface area contributed by atoms with Gasteiger partial charge in [-0.25, -0.2) is 0 Å². The molecule has 0 bridgehead atoms. The average molecular weight is 351 g/mol. The lowest BCUT2D eigenvalue weighted by Gasteiger charge is -2.36. The molecular formula is C21H19ClN2O. The molecule has 0 saturated carbocycles. The second kappa shape index (κ2) is 6.77. The van der Waals surface area contributed by atoms with Crippen LogP contribution in [0.4, 0.5) is 5.69 Å². The largest absolute Gasteiger partial charge is 0.367 e. The number of halogens is 1. The van der Waals surface area contributed by atoms with Gasteiger partial charge >= 0.3 is 0 Å². The lowest BCUT2D eigenvalue weighted by molar-refractivity contribution is 0.0747. The van der Waals surface area contributed by atoms with Crippen molar-refractivity contribution in [3.05, 3.63) is 77.3 Å². The molecule has 0 aliphatic carbocycles. The summed E-state index contributed by atoms with van der Waals surface area (Å²) in [7, 11) is 0. The van der Waals surface area contributed by atoms with E-state index in [9.17, 15) is 4.79 Å². The third-order valence-corrected chi connectivity index (χ3v) is 4.98. The number of nitrogens with zero attached hydrogens (tertiary/aromatic N) is 2. The van der Waals surface area contributed by atoms with Gasteiger partial charge in [0.2, 0.25) is 0 Å². The fourth-order valence-corrected chi connectivity index (χ4v) is 3.61. The summed E-state index contributed by atoms with van der Waals surface area (Å²) in [6.07, 6.45) is 0. The minimum absolute atomic E-state index is 0.116. The fourth-order valence-electron chi connectivity index (χ4n) is 3.43. The normalized spacial score (nSPS) is 14.8. The molecule has 3 aromatic rings. The Balaban J connectivity index is 1.52. The summed E-state index contributed by atoms with van der Waals surface area (Å²) < 4.78 is 0. The number of rotatable bonds is 2. The van der Waals surface area contributed by atoms with Gasteiger partial charge in [-0.3, -0.25) is 4.79 Å². The SMILES string of the molecule is O=C(c1ccccc1)N1CCN(c2cccc3cc(Cl)ccc23)CC1. The maximum Gasteiger partial charge on any atom is 0.253 e. The molecule has 0 spiro atoms. The molecule has 1 saturated heterocycles. The van der Waals surface area contributed by atoms with Gasteiger partial charge in [-0.15, -0.1) is 0 Å². The van der Waals surface area contributed by atoms with Gasteiger partial charge in [0.1, 0.15) is 0 Å². The highest BCUT2D eigenvalue weighted by Crippen LogP contribution is 2.29. The van der Waals surface area contributed by atoms with E-state index in [4.69, 9.17) is 11.6 Å². The van der Waals surface area contributed by atoms with Gasteiger partial charge in [0, 0.05) is 47.8 Å². The molecular weight excluding hydrogens is 332 g/mol. The molecule has 4 rings (SSSR count). The quantitative estimate of drug-likeness (QED) is 0.681. The number of fused-ring (bicyclic) bond motifs is 1. The van der Waals surface area contributed by atoms with Crippen LogP contribution in [-0.2, 0) is 0 Å². The first-order chi connectivity index (χ1) is 12.2. The Morgan fingerprint density at radius 2 is 1.60 bits per heavy atom. The zero-order chi connectivity index (χ0) is 17.2. The Hall–Kier alpha value is -2.52. The summed E-state index contributed by atoms with van der Waals surface area (Å²) in [6.45, 7) is 3.13. The van der Waals surface area contributed by atoms with E-state index in [2.05, 4.69) is 29.2 Å². The molecule has 0 N–H and O–H groups in total. The van der Waals surface area contributed by atoms with E-state index < -0.39 is 0 Å². The molecule has 1 amide bonds. The molecule has 1 aliphatic heterocycles. The molecule has 1 heterocycles. The van der Waals surface area contributed by atoms with Crippen LogP contribution >= 0.6 is 11.6 Å². The molecule has 25 heavy (non-hydrogen) atoms. The fraction of sp³-hybridized carbons (Fsp3) is 0.190. The Morgan fingerprint density at radius 3 is 2.36 bits per heavy atom. The van der Waals surface area contributed by atoms with Crippen LogP contribution in [0, 0.1) is 0 Å². The van der Waals surface area contributed by atoms with Crippen LogP contribution in [0.1, 0.15) is 10.4 Å². The average Bonchev–Trinajstić information content (AvgIpc) is 2.67. The number of hydrogen-bond donors (Lipinski definition) is 0. The lowest BCUT2D eigenvalue weighted by atomic mass is 10.1. The first-order valence-corrected chi connectivity index (χ1v) is 8.88. The molecule has 0 unspecified atom stereocenters. The van der Waals surface area contributed by atoms with Crippen molar-refractivity contribution < 1.29 is 4.79 Å². The Kier molecular flexibility index (Phi) is 4.33. The van der Waals surface area contributed by atoms with Crippen LogP contribution in [-0.4, -0.2) is 37.0 Å². The van der Waals surface area contributed by atoms with Gasteiger partial charge in [-0.2, -0.15) is 0 Å². The van der Waals surface area contributed by atoms with Crippen molar-refractivity contribution in [1.29, 1.82) is 0 Å². The third kappa shape index (κ3) is 3.20. The second-order valence-corrected chi connectivity index (χ2v) is 6.72. The maximum atomic E-state index is 12.6. The van der Waals surface area contributed by atoms with Crippen LogP contribution in [0.15, 0.2) is 66.7 Å². The minimum Gasteiger partial charge on any atom is -0.367 e. The zero-order valence-electron chi connectivity index (χ0n) is 13.9. The van der Waals surface area contributed by atoms with Crippen LogP contribution in [0.5, 0.6) is 0 Å². The number of amides is 1. The summed E-state index contributed by atoms with van der Waals surface area (Å²) >= 11 is 6.11. The van der Waals surface area contributed by atoms with Crippen molar-refractivity contribution in [1.82, 2.24) is 4.90 Å². The molecule has 0 atom stereocenters. The predicted molar refractivity (Wildman–Crippen MR) is 104 cm³/mol. The van der Waals surface area contributed by atoms with Crippen molar-refractivity contribution in [2.75, 3.05) is 31.1 Å². The number of anilines is 1. The molecule has 126 valence electrons. The van der Waals surface area contributed by atoms with Crippen LogP contribution in [0.2, 0.25) is 5.02 Å². The van der Waals surface area contributed by atoms with Crippen molar-refractivity contribution >= 4 is 34.0 Å². The number of hydrogen-bond acceptors (Lipinski definition) is 2. The predicted octanol–water partition coefficient (Wildman–Crippen LogP) is 4.46. The maximum absolute atomic E-state index is 12.6. The molecule has 3 nitrogen and oxygen atoms in total. The zero-order valence-corrected chi connectivity index (χ0v) is 14.6. The first kappa shape index (κ1) is 16.0. The van der Waals surface area contributed by atoms with Crippen molar-refractivity contribution in [3.63, 3.8) is 0 Å². The number of carbonyl (C=O) groups is 1. The molecule has 1 fully saturated rings. The van der Waals surface area contributed by atoms with Crippen LogP contribution in [0.25, 0.3) is 10.8 Å². The Morgan fingerprint density at radius 1 is 0.840 bits per heavy atom. The van der Waals surface area contributed by atoms with E-state index in [1.807, 2.05) is 47.4 Å². The first-order valence-electron chi connectivity index (χ1n) is 8.50. The summed E-state index contributed by atoms with van der Waals surface area (Å²) in [5.74, 6) is 0.116. The topological polar surface area (TPSA) is 23.6 Å². The standard InChI is InChI=1S/C21H19ClN2O/c22-18-9-10-19-17(15-18)7-4-8-20(19)23-11-13-24(14-12-23)21(25)16-5-2-1-3-6-16/h1-10,15H,11-14H2. The van der Waals surface area contributed by atoms with Gasteiger partial charge in [0.05, 0.1) is 0 Å². The molecule has 3 aromatic carbocycles. The minimum atomic E-state index is 0.116. The van der Waals surface area contributed by atoms with Gasteiger partial charge in [-0.05, 0) is 35.7 Å². The molecule has 0 radical (unpaired) electrons. The van der Waals surface area contributed by atoms with Gasteiger partial charge in [0.25, 0.3) is 5.91 Å². The molecule has 1 aliphatic rings. The number of carbonyl (C=O) groups excluding carboxylic acids is 1. The van der Waals surface area contributed by atoms with Crippen molar-refractivity contribution in [2.45, 2.75) is 0 Å². The van der Waals surface area contributed by atoms with Crippen molar-refractivity contribution in [2.24, 2.45) is 0 Å². The van der Waals surface area contributed by atoms with Crippen LogP contribution in [0.3, 0.4) is 0 Å². The van der Waals surface area contributed by atoms with E-state index in [0.29, 0.717) is 0 Å². The van der Waals surface area contributed by atoms with E-state index in [1.54, 1.807) is 0 Å². The smallest absolute Gasteiger partial charge is 0.253 e. The molecule has 4 heteroatoms. The lowest BCUT2D eigenvalue weighted by Crippen LogP contribution is -2.48. The second-order valence-electron chi connectivity index (χ2n) is 6.29. The summed E-state index contributed by atoms with van der Waals surface area (Å²) in [4.78, 5) is 16.9. The Labute approximate surface area is 152 Å². The summed E-state index contributed by atoms with van der Waals surface area (Å²) in [5.41, 5.74) is 1.97. The third-order valence-electron chi connectivity index (χ3n) is 4.75.